The third-order valence-corrected chi connectivity index (χ3v) is 3.11. The van der Waals surface area contributed by atoms with Gasteiger partial charge in [-0.25, -0.2) is 0 Å². The molecule has 2 rings (SSSR count). The molecule has 2 heteroatoms. The Balaban J connectivity index is 1.78. The smallest absolute Gasteiger partial charge is 0.246 e. The van der Waals surface area contributed by atoms with E-state index in [1.165, 1.54) is 12.8 Å². The van der Waals surface area contributed by atoms with E-state index in [0.717, 1.165) is 31.4 Å². The van der Waals surface area contributed by atoms with Crippen molar-refractivity contribution in [3.63, 3.8) is 0 Å². The molecule has 72 valence electrons. The Bertz CT molecular complexity index is 251. The van der Waals surface area contributed by atoms with E-state index in [1.807, 2.05) is 0 Å². The number of hydrogen-bond acceptors (Lipinski definition) is 1. The van der Waals surface area contributed by atoms with Crippen LogP contribution in [0.15, 0.2) is 11.6 Å². The van der Waals surface area contributed by atoms with Crippen LogP contribution in [0.25, 0.3) is 0 Å². The zero-order valence-electron chi connectivity index (χ0n) is 8.23. The van der Waals surface area contributed by atoms with Gasteiger partial charge in [-0.1, -0.05) is 13.0 Å². The number of carbonyl (C=O) groups is 1. The highest BCUT2D eigenvalue weighted by Crippen LogP contribution is 2.44. The summed E-state index contributed by atoms with van der Waals surface area (Å²) >= 11 is 0. The predicted octanol–water partition coefficient (Wildman–Crippen LogP) is 2.01. The first kappa shape index (κ1) is 8.79. The van der Waals surface area contributed by atoms with Gasteiger partial charge in [0.1, 0.15) is 0 Å². The van der Waals surface area contributed by atoms with Gasteiger partial charge in [-0.15, -0.1) is 0 Å². The van der Waals surface area contributed by atoms with Crippen LogP contribution in [0.2, 0.25) is 0 Å². The molecule has 2 aliphatic carbocycles. The maximum Gasteiger partial charge on any atom is 0.246 e. The van der Waals surface area contributed by atoms with Crippen LogP contribution >= 0.6 is 0 Å². The summed E-state index contributed by atoms with van der Waals surface area (Å²) in [6.45, 7) is 3.10. The summed E-state index contributed by atoms with van der Waals surface area (Å²) < 4.78 is 0. The third kappa shape index (κ3) is 2.11. The molecule has 13 heavy (non-hydrogen) atoms. The minimum absolute atomic E-state index is 0.172. The second-order valence-electron chi connectivity index (χ2n) is 4.61. The number of hydrogen-bond donors (Lipinski definition) is 1. The molecule has 0 heterocycles. The molecule has 1 saturated carbocycles. The van der Waals surface area contributed by atoms with Gasteiger partial charge in [-0.3, -0.25) is 4.79 Å². The average molecular weight is 179 g/mol. The van der Waals surface area contributed by atoms with Crippen LogP contribution in [-0.4, -0.2) is 12.5 Å². The van der Waals surface area contributed by atoms with Gasteiger partial charge in [0.15, 0.2) is 0 Å². The fourth-order valence-corrected chi connectivity index (χ4v) is 1.67. The van der Waals surface area contributed by atoms with Crippen molar-refractivity contribution in [3.05, 3.63) is 11.6 Å². The van der Waals surface area contributed by atoms with Crippen LogP contribution in [0.5, 0.6) is 0 Å². The summed E-state index contributed by atoms with van der Waals surface area (Å²) in [6, 6.07) is 0. The molecule has 2 nitrogen and oxygen atoms in total. The van der Waals surface area contributed by atoms with Gasteiger partial charge in [0, 0.05) is 12.1 Å². The fourth-order valence-electron chi connectivity index (χ4n) is 1.67. The van der Waals surface area contributed by atoms with Crippen LogP contribution in [0.3, 0.4) is 0 Å². The van der Waals surface area contributed by atoms with Gasteiger partial charge in [-0.2, -0.15) is 0 Å². The Kier molecular flexibility index (Phi) is 2.14. The normalized spacial score (nSPS) is 23.9. The van der Waals surface area contributed by atoms with Gasteiger partial charge < -0.3 is 5.32 Å². The molecule has 0 aromatic heterocycles. The quantitative estimate of drug-likeness (QED) is 0.705. The fraction of sp³-hybridized carbons (Fsp3) is 0.727. The largest absolute Gasteiger partial charge is 0.352 e. The molecule has 0 aliphatic heterocycles. The summed E-state index contributed by atoms with van der Waals surface area (Å²) in [5.74, 6) is 0.172. The maximum atomic E-state index is 11.5. The Morgan fingerprint density at radius 2 is 2.38 bits per heavy atom. The van der Waals surface area contributed by atoms with E-state index in [1.54, 1.807) is 0 Å². The summed E-state index contributed by atoms with van der Waals surface area (Å²) in [7, 11) is 0. The van der Waals surface area contributed by atoms with Gasteiger partial charge in [0.05, 0.1) is 0 Å². The Hall–Kier alpha value is -0.790. The van der Waals surface area contributed by atoms with Crippen LogP contribution in [-0.2, 0) is 4.79 Å². The van der Waals surface area contributed by atoms with Crippen molar-refractivity contribution >= 4 is 5.91 Å². The van der Waals surface area contributed by atoms with Crippen LogP contribution in [0, 0.1) is 5.41 Å². The van der Waals surface area contributed by atoms with Crippen LogP contribution in [0.1, 0.15) is 39.0 Å². The molecule has 0 saturated heterocycles. The molecule has 0 radical (unpaired) electrons. The molecule has 0 aromatic rings. The molecular weight excluding hydrogens is 162 g/mol. The van der Waals surface area contributed by atoms with Crippen molar-refractivity contribution in [2.24, 2.45) is 5.41 Å². The van der Waals surface area contributed by atoms with E-state index in [0.29, 0.717) is 5.41 Å². The molecular formula is C11H17NO. The molecule has 1 fully saturated rings. The van der Waals surface area contributed by atoms with E-state index >= 15 is 0 Å². The highest BCUT2D eigenvalue weighted by Gasteiger charge is 2.37. The minimum Gasteiger partial charge on any atom is -0.352 e. The third-order valence-electron chi connectivity index (χ3n) is 3.11. The molecule has 0 bridgehead atoms. The van der Waals surface area contributed by atoms with Crippen molar-refractivity contribution in [2.45, 2.75) is 39.0 Å². The standard InChI is InChI=1S/C11H17NO/c1-11(6-7-11)8-12-10(13)9-4-2-3-5-9/h4H,2-3,5-8H2,1H3,(H,12,13). The second kappa shape index (κ2) is 3.17. The number of rotatable bonds is 3. The SMILES string of the molecule is CC1(CNC(=O)C2=CCCC2)CC1. The summed E-state index contributed by atoms with van der Waals surface area (Å²) in [6.07, 6.45) is 7.83. The van der Waals surface area contributed by atoms with E-state index in [-0.39, 0.29) is 5.91 Å². The van der Waals surface area contributed by atoms with Gasteiger partial charge in [0.25, 0.3) is 0 Å². The van der Waals surface area contributed by atoms with Crippen molar-refractivity contribution < 1.29 is 4.79 Å². The number of allylic oxidation sites excluding steroid dienone is 1. The summed E-state index contributed by atoms with van der Waals surface area (Å²) in [5, 5.41) is 3.02. The first-order valence-corrected chi connectivity index (χ1v) is 5.17. The van der Waals surface area contributed by atoms with E-state index < -0.39 is 0 Å². The lowest BCUT2D eigenvalue weighted by molar-refractivity contribution is -0.117. The molecule has 2 aliphatic rings. The summed E-state index contributed by atoms with van der Waals surface area (Å²) in [5.41, 5.74) is 1.43. The van der Waals surface area contributed by atoms with E-state index in [2.05, 4.69) is 18.3 Å². The molecule has 0 aromatic carbocycles. The van der Waals surface area contributed by atoms with E-state index in [9.17, 15) is 4.79 Å². The molecule has 0 unspecified atom stereocenters. The molecule has 0 atom stereocenters. The Labute approximate surface area is 79.4 Å². The lowest BCUT2D eigenvalue weighted by Crippen LogP contribution is -2.29. The Morgan fingerprint density at radius 3 is 2.92 bits per heavy atom. The minimum atomic E-state index is 0.172. The topological polar surface area (TPSA) is 29.1 Å². The highest BCUT2D eigenvalue weighted by atomic mass is 16.1. The lowest BCUT2D eigenvalue weighted by atomic mass is 10.1. The zero-order chi connectivity index (χ0) is 9.31. The number of nitrogens with one attached hydrogen (secondary N) is 1. The maximum absolute atomic E-state index is 11.5. The Morgan fingerprint density at radius 1 is 1.62 bits per heavy atom. The summed E-state index contributed by atoms with van der Waals surface area (Å²) in [4.78, 5) is 11.5. The number of amides is 1. The molecule has 1 amide bonds. The number of carbonyl (C=O) groups excluding carboxylic acids is 1. The van der Waals surface area contributed by atoms with Gasteiger partial charge in [0.2, 0.25) is 5.91 Å². The van der Waals surface area contributed by atoms with Crippen LogP contribution < -0.4 is 5.32 Å². The van der Waals surface area contributed by atoms with E-state index in [4.69, 9.17) is 0 Å². The molecule has 1 N–H and O–H groups in total. The van der Waals surface area contributed by atoms with Crippen molar-refractivity contribution in [2.75, 3.05) is 6.54 Å². The predicted molar refractivity (Wildman–Crippen MR) is 52.3 cm³/mol. The average Bonchev–Trinajstić information content (AvgIpc) is 2.69. The van der Waals surface area contributed by atoms with Gasteiger partial charge >= 0.3 is 0 Å². The molecule has 0 spiro atoms. The lowest BCUT2D eigenvalue weighted by Gasteiger charge is -2.10. The first-order valence-electron chi connectivity index (χ1n) is 5.17. The van der Waals surface area contributed by atoms with Gasteiger partial charge in [-0.05, 0) is 37.5 Å². The van der Waals surface area contributed by atoms with Crippen molar-refractivity contribution in [3.8, 4) is 0 Å². The monoisotopic (exact) mass is 179 g/mol. The van der Waals surface area contributed by atoms with Crippen molar-refractivity contribution in [1.29, 1.82) is 0 Å². The first-order chi connectivity index (χ1) is 6.20. The second-order valence-corrected chi connectivity index (χ2v) is 4.61. The zero-order valence-corrected chi connectivity index (χ0v) is 8.23. The highest BCUT2D eigenvalue weighted by molar-refractivity contribution is 5.93. The van der Waals surface area contributed by atoms with Crippen LogP contribution in [0.4, 0.5) is 0 Å². The van der Waals surface area contributed by atoms with Crippen molar-refractivity contribution in [1.82, 2.24) is 5.32 Å².